The van der Waals surface area contributed by atoms with Gasteiger partial charge in [0.25, 0.3) is 0 Å². The molecule has 5 nitrogen and oxygen atoms in total. The zero-order valence-corrected chi connectivity index (χ0v) is 14.9. The van der Waals surface area contributed by atoms with Gasteiger partial charge in [-0.15, -0.1) is 0 Å². The van der Waals surface area contributed by atoms with Gasteiger partial charge in [-0.1, -0.05) is 48.0 Å². The third-order valence-electron chi connectivity index (χ3n) is 3.66. The molecule has 130 valence electrons. The molecule has 6 heteroatoms. The second-order valence-electron chi connectivity index (χ2n) is 5.56. The quantitative estimate of drug-likeness (QED) is 0.607. The third-order valence-corrected chi connectivity index (χ3v) is 4.07. The molecule has 0 aliphatic heterocycles. The van der Waals surface area contributed by atoms with Crippen LogP contribution in [0.3, 0.4) is 0 Å². The van der Waals surface area contributed by atoms with Crippen molar-refractivity contribution in [1.82, 2.24) is 5.43 Å². The number of anilines is 1. The maximum Gasteiger partial charge on any atom is 0.240 e. The summed E-state index contributed by atoms with van der Waals surface area (Å²) in [6.45, 7) is 3.63. The Morgan fingerprint density at radius 1 is 1.00 bits per heavy atom. The van der Waals surface area contributed by atoms with Gasteiger partial charge in [-0.3, -0.25) is 9.59 Å². The van der Waals surface area contributed by atoms with Gasteiger partial charge < -0.3 is 5.32 Å². The van der Waals surface area contributed by atoms with Gasteiger partial charge in [0.2, 0.25) is 11.8 Å². The van der Waals surface area contributed by atoms with E-state index in [1.165, 1.54) is 0 Å². The number of nitrogens with zero attached hydrogens (tertiary/aromatic N) is 1. The first-order chi connectivity index (χ1) is 12.0. The third kappa shape index (κ3) is 5.72. The molecular weight excluding hydrogens is 338 g/mol. The Balaban J connectivity index is 1.81. The average molecular weight is 358 g/mol. The molecule has 2 N–H and O–H groups in total. The molecule has 0 saturated carbocycles. The summed E-state index contributed by atoms with van der Waals surface area (Å²) in [5, 5.41) is 7.39. The first-order valence-electron chi connectivity index (χ1n) is 7.91. The normalized spacial score (nSPS) is 11.1. The van der Waals surface area contributed by atoms with E-state index in [0.29, 0.717) is 16.4 Å². The van der Waals surface area contributed by atoms with Crippen LogP contribution in [-0.4, -0.2) is 17.5 Å². The summed E-state index contributed by atoms with van der Waals surface area (Å²) in [4.78, 5) is 23.8. The number of carbonyl (C=O) groups is 2. The summed E-state index contributed by atoms with van der Waals surface area (Å²) in [5.41, 5.74) is 5.54. The smallest absolute Gasteiger partial charge is 0.240 e. The Bertz CT molecular complexity index is 789. The standard InChI is InChI=1S/C19H20ClN3O2/c1-13-16(20)9-6-10-17(13)21-18(24)11-12-19(25)23-22-14(2)15-7-4-3-5-8-15/h3-10H,11-12H2,1-2H3,(H,21,24)(H,23,25)/b22-14+. The fraction of sp³-hybridized carbons (Fsp3) is 0.211. The van der Waals surface area contributed by atoms with Gasteiger partial charge in [0, 0.05) is 23.6 Å². The minimum Gasteiger partial charge on any atom is -0.326 e. The van der Waals surface area contributed by atoms with Crippen molar-refractivity contribution in [2.75, 3.05) is 5.32 Å². The molecule has 25 heavy (non-hydrogen) atoms. The highest BCUT2D eigenvalue weighted by molar-refractivity contribution is 6.31. The number of rotatable bonds is 6. The van der Waals surface area contributed by atoms with Crippen molar-refractivity contribution in [1.29, 1.82) is 0 Å². The van der Waals surface area contributed by atoms with Crippen LogP contribution in [0.1, 0.15) is 30.9 Å². The number of carbonyl (C=O) groups excluding carboxylic acids is 2. The van der Waals surface area contributed by atoms with E-state index in [9.17, 15) is 9.59 Å². The molecule has 0 spiro atoms. The Labute approximate surface area is 152 Å². The van der Waals surface area contributed by atoms with Crippen molar-refractivity contribution in [2.45, 2.75) is 26.7 Å². The predicted octanol–water partition coefficient (Wildman–Crippen LogP) is 3.91. The summed E-state index contributed by atoms with van der Waals surface area (Å²) >= 11 is 6.02. The van der Waals surface area contributed by atoms with Gasteiger partial charge in [-0.2, -0.15) is 5.10 Å². The highest BCUT2D eigenvalue weighted by Gasteiger charge is 2.09. The Morgan fingerprint density at radius 3 is 2.40 bits per heavy atom. The zero-order valence-electron chi connectivity index (χ0n) is 14.2. The van der Waals surface area contributed by atoms with Crippen LogP contribution in [0.15, 0.2) is 53.6 Å². The van der Waals surface area contributed by atoms with E-state index in [4.69, 9.17) is 11.6 Å². The van der Waals surface area contributed by atoms with Crippen molar-refractivity contribution in [2.24, 2.45) is 5.10 Å². The molecule has 2 aromatic carbocycles. The molecule has 2 rings (SSSR count). The Kier molecular flexibility index (Phi) is 6.71. The molecule has 0 aliphatic rings. The number of nitrogens with one attached hydrogen (secondary N) is 2. The van der Waals surface area contributed by atoms with Crippen molar-refractivity contribution in [3.05, 3.63) is 64.7 Å². The molecule has 0 unspecified atom stereocenters. The molecular formula is C19H20ClN3O2. The number of benzene rings is 2. The van der Waals surface area contributed by atoms with E-state index in [-0.39, 0.29) is 24.7 Å². The monoisotopic (exact) mass is 357 g/mol. The van der Waals surface area contributed by atoms with Crippen LogP contribution in [0.25, 0.3) is 0 Å². The predicted molar refractivity (Wildman–Crippen MR) is 101 cm³/mol. The van der Waals surface area contributed by atoms with E-state index in [2.05, 4.69) is 15.8 Å². The highest BCUT2D eigenvalue weighted by Crippen LogP contribution is 2.23. The van der Waals surface area contributed by atoms with Gasteiger partial charge in [-0.25, -0.2) is 5.43 Å². The number of amides is 2. The zero-order chi connectivity index (χ0) is 18.2. The molecule has 0 heterocycles. The van der Waals surface area contributed by atoms with Crippen molar-refractivity contribution >= 4 is 34.8 Å². The van der Waals surface area contributed by atoms with Crippen LogP contribution in [-0.2, 0) is 9.59 Å². The molecule has 0 aromatic heterocycles. The molecule has 0 bridgehead atoms. The molecule has 0 fully saturated rings. The molecule has 0 aliphatic carbocycles. The summed E-state index contributed by atoms with van der Waals surface area (Å²) in [6.07, 6.45) is 0.120. The van der Waals surface area contributed by atoms with Crippen molar-refractivity contribution in [3.8, 4) is 0 Å². The summed E-state index contributed by atoms with van der Waals surface area (Å²) < 4.78 is 0. The van der Waals surface area contributed by atoms with E-state index < -0.39 is 0 Å². The topological polar surface area (TPSA) is 70.6 Å². The number of hydrogen-bond acceptors (Lipinski definition) is 3. The van der Waals surface area contributed by atoms with Crippen LogP contribution in [0.4, 0.5) is 5.69 Å². The van der Waals surface area contributed by atoms with Gasteiger partial charge in [0.15, 0.2) is 0 Å². The molecule has 2 amide bonds. The second kappa shape index (κ2) is 8.99. The minimum absolute atomic E-state index is 0.0526. The van der Waals surface area contributed by atoms with Gasteiger partial charge in [0.05, 0.1) is 5.71 Å². The largest absolute Gasteiger partial charge is 0.326 e. The van der Waals surface area contributed by atoms with E-state index in [1.807, 2.05) is 44.2 Å². The fourth-order valence-electron chi connectivity index (χ4n) is 2.13. The molecule has 2 aromatic rings. The first-order valence-corrected chi connectivity index (χ1v) is 8.28. The molecule has 0 radical (unpaired) electrons. The molecule has 0 saturated heterocycles. The number of hydrazone groups is 1. The number of hydrogen-bond donors (Lipinski definition) is 2. The number of halogens is 1. The summed E-state index contributed by atoms with van der Waals surface area (Å²) in [6, 6.07) is 14.8. The average Bonchev–Trinajstić information content (AvgIpc) is 2.62. The maximum atomic E-state index is 12.0. The van der Waals surface area contributed by atoms with E-state index in [1.54, 1.807) is 18.2 Å². The van der Waals surface area contributed by atoms with Crippen LogP contribution in [0.2, 0.25) is 5.02 Å². The summed E-state index contributed by atoms with van der Waals surface area (Å²) in [7, 11) is 0. The van der Waals surface area contributed by atoms with Crippen molar-refractivity contribution < 1.29 is 9.59 Å². The summed E-state index contributed by atoms with van der Waals surface area (Å²) in [5.74, 6) is -0.558. The SMILES string of the molecule is C/C(=N\NC(=O)CCC(=O)Nc1cccc(Cl)c1C)c1ccccc1. The van der Waals surface area contributed by atoms with Crippen molar-refractivity contribution in [3.63, 3.8) is 0 Å². The highest BCUT2D eigenvalue weighted by atomic mass is 35.5. The lowest BCUT2D eigenvalue weighted by Gasteiger charge is -2.09. The lowest BCUT2D eigenvalue weighted by Crippen LogP contribution is -2.22. The first kappa shape index (κ1) is 18.7. The minimum atomic E-state index is -0.312. The Hall–Kier alpha value is -2.66. The fourth-order valence-corrected chi connectivity index (χ4v) is 2.30. The van der Waals surface area contributed by atoms with Gasteiger partial charge in [0.1, 0.15) is 0 Å². The van der Waals surface area contributed by atoms with Crippen LogP contribution in [0.5, 0.6) is 0 Å². The lowest BCUT2D eigenvalue weighted by molar-refractivity contribution is -0.124. The van der Waals surface area contributed by atoms with Gasteiger partial charge in [-0.05, 0) is 37.1 Å². The maximum absolute atomic E-state index is 12.0. The van der Waals surface area contributed by atoms with E-state index in [0.717, 1.165) is 11.1 Å². The second-order valence-corrected chi connectivity index (χ2v) is 5.97. The van der Waals surface area contributed by atoms with Crippen LogP contribution >= 0.6 is 11.6 Å². The van der Waals surface area contributed by atoms with Gasteiger partial charge >= 0.3 is 0 Å². The van der Waals surface area contributed by atoms with E-state index >= 15 is 0 Å². The lowest BCUT2D eigenvalue weighted by atomic mass is 10.1. The van der Waals surface area contributed by atoms with Crippen LogP contribution in [0, 0.1) is 6.92 Å². The van der Waals surface area contributed by atoms with Crippen LogP contribution < -0.4 is 10.7 Å². The molecule has 0 atom stereocenters. The Morgan fingerprint density at radius 2 is 1.68 bits per heavy atom.